The second-order valence-electron chi connectivity index (χ2n) is 3.93. The topological polar surface area (TPSA) is 32.3 Å². The molecule has 0 bridgehead atoms. The molecule has 1 amide bonds. The Bertz CT molecular complexity index is 155. The van der Waals surface area contributed by atoms with Gasteiger partial charge in [-0.3, -0.25) is 4.79 Å². The summed E-state index contributed by atoms with van der Waals surface area (Å²) in [6.07, 6.45) is 1.07. The van der Waals surface area contributed by atoms with Gasteiger partial charge in [-0.2, -0.15) is 0 Å². The van der Waals surface area contributed by atoms with E-state index in [9.17, 15) is 4.79 Å². The van der Waals surface area contributed by atoms with E-state index in [1.54, 1.807) is 19.0 Å². The number of nitrogens with zero attached hydrogens (tertiary/aromatic N) is 1. The first-order chi connectivity index (χ1) is 5.99. The predicted molar refractivity (Wildman–Crippen MR) is 55.6 cm³/mol. The molecule has 0 heterocycles. The van der Waals surface area contributed by atoms with Crippen LogP contribution in [0.3, 0.4) is 0 Å². The zero-order valence-corrected chi connectivity index (χ0v) is 9.42. The van der Waals surface area contributed by atoms with Crippen molar-refractivity contribution in [2.75, 3.05) is 20.6 Å². The number of nitrogens with one attached hydrogen (secondary N) is 1. The zero-order valence-electron chi connectivity index (χ0n) is 9.42. The minimum absolute atomic E-state index is 0.138. The molecule has 0 aromatic rings. The largest absolute Gasteiger partial charge is 0.348 e. The van der Waals surface area contributed by atoms with Crippen LogP contribution in [0.15, 0.2) is 0 Å². The minimum atomic E-state index is 0.138. The average molecular weight is 186 g/mol. The minimum Gasteiger partial charge on any atom is -0.348 e. The molecule has 0 aliphatic carbocycles. The maximum atomic E-state index is 11.2. The van der Waals surface area contributed by atoms with E-state index < -0.39 is 0 Å². The van der Waals surface area contributed by atoms with Crippen molar-refractivity contribution in [3.63, 3.8) is 0 Å². The average Bonchev–Trinajstić information content (AvgIpc) is 2.04. The molecule has 0 aromatic carbocycles. The molecule has 3 heteroatoms. The van der Waals surface area contributed by atoms with E-state index in [4.69, 9.17) is 0 Å². The molecule has 0 aromatic heterocycles. The Morgan fingerprint density at radius 3 is 2.23 bits per heavy atom. The van der Waals surface area contributed by atoms with Gasteiger partial charge in [0.2, 0.25) is 5.91 Å². The molecule has 0 aliphatic heterocycles. The molecule has 0 fully saturated rings. The summed E-state index contributed by atoms with van der Waals surface area (Å²) < 4.78 is 0. The second-order valence-corrected chi connectivity index (χ2v) is 3.93. The summed E-state index contributed by atoms with van der Waals surface area (Å²) in [7, 11) is 3.56. The van der Waals surface area contributed by atoms with Crippen LogP contribution in [0.4, 0.5) is 0 Å². The molecule has 3 nitrogen and oxygen atoms in total. The van der Waals surface area contributed by atoms with E-state index >= 15 is 0 Å². The molecule has 78 valence electrons. The van der Waals surface area contributed by atoms with Crippen molar-refractivity contribution in [3.05, 3.63) is 0 Å². The molecular weight excluding hydrogens is 164 g/mol. The number of likely N-dealkylation sites (N-methyl/N-ethyl adjacent to an activating group) is 1. The summed E-state index contributed by atoms with van der Waals surface area (Å²) in [5.41, 5.74) is 0. The summed E-state index contributed by atoms with van der Waals surface area (Å²) in [5.74, 6) is 0.721. The fourth-order valence-corrected chi connectivity index (χ4v) is 1.23. The number of rotatable bonds is 5. The summed E-state index contributed by atoms with van der Waals surface area (Å²) >= 11 is 0. The number of hydrogen-bond acceptors (Lipinski definition) is 2. The first-order valence-electron chi connectivity index (χ1n) is 4.92. The van der Waals surface area contributed by atoms with Crippen LogP contribution in [0.2, 0.25) is 0 Å². The van der Waals surface area contributed by atoms with Gasteiger partial charge in [0.25, 0.3) is 0 Å². The lowest BCUT2D eigenvalue weighted by molar-refractivity contribution is -0.127. The Kier molecular flexibility index (Phi) is 5.71. The van der Waals surface area contributed by atoms with Crippen LogP contribution in [-0.2, 0) is 4.79 Å². The van der Waals surface area contributed by atoms with Crippen LogP contribution in [0.5, 0.6) is 0 Å². The van der Waals surface area contributed by atoms with Gasteiger partial charge in [0.1, 0.15) is 0 Å². The van der Waals surface area contributed by atoms with E-state index in [0.29, 0.717) is 18.5 Å². The van der Waals surface area contributed by atoms with Crippen LogP contribution in [0.1, 0.15) is 27.2 Å². The van der Waals surface area contributed by atoms with E-state index in [1.807, 2.05) is 0 Å². The molecular formula is C10H22N2O. The number of hydrogen-bond donors (Lipinski definition) is 1. The third-order valence-electron chi connectivity index (χ3n) is 2.26. The Labute approximate surface area is 81.5 Å². The monoisotopic (exact) mass is 186 g/mol. The lowest BCUT2D eigenvalue weighted by Gasteiger charge is -2.21. The van der Waals surface area contributed by atoms with Gasteiger partial charge in [0, 0.05) is 20.1 Å². The van der Waals surface area contributed by atoms with Crippen molar-refractivity contribution in [1.82, 2.24) is 10.2 Å². The third kappa shape index (κ3) is 4.88. The molecule has 0 saturated carbocycles. The number of amides is 1. The first-order valence-corrected chi connectivity index (χ1v) is 4.92. The highest BCUT2D eigenvalue weighted by molar-refractivity contribution is 5.77. The second kappa shape index (κ2) is 5.97. The molecule has 0 spiro atoms. The Morgan fingerprint density at radius 1 is 1.38 bits per heavy atom. The van der Waals surface area contributed by atoms with Crippen molar-refractivity contribution in [2.24, 2.45) is 5.92 Å². The third-order valence-corrected chi connectivity index (χ3v) is 2.26. The lowest BCUT2D eigenvalue weighted by atomic mass is 10.0. The van der Waals surface area contributed by atoms with Gasteiger partial charge < -0.3 is 10.2 Å². The molecule has 0 saturated heterocycles. The van der Waals surface area contributed by atoms with E-state index in [-0.39, 0.29) is 5.91 Å². The number of carbonyl (C=O) groups is 1. The van der Waals surface area contributed by atoms with E-state index in [2.05, 4.69) is 26.1 Å². The Balaban J connectivity index is 3.79. The lowest BCUT2D eigenvalue weighted by Crippen LogP contribution is -2.40. The van der Waals surface area contributed by atoms with E-state index in [0.717, 1.165) is 6.42 Å². The molecule has 0 aliphatic rings. The SMILES string of the molecule is CC[C@H](NCC(=O)N(C)C)C(C)C. The molecule has 0 rings (SSSR count). The standard InChI is InChI=1S/C10H22N2O/c1-6-9(8(2)3)11-7-10(13)12(4)5/h8-9,11H,6-7H2,1-5H3/t9-/m0/s1. The van der Waals surface area contributed by atoms with Gasteiger partial charge >= 0.3 is 0 Å². The molecule has 1 atom stereocenters. The fraction of sp³-hybridized carbons (Fsp3) is 0.900. The highest BCUT2D eigenvalue weighted by Gasteiger charge is 2.12. The van der Waals surface area contributed by atoms with Crippen LogP contribution in [0, 0.1) is 5.92 Å². The van der Waals surface area contributed by atoms with Gasteiger partial charge in [0.15, 0.2) is 0 Å². The summed E-state index contributed by atoms with van der Waals surface area (Å²) in [6.45, 7) is 6.92. The maximum Gasteiger partial charge on any atom is 0.236 e. The van der Waals surface area contributed by atoms with Crippen LogP contribution in [-0.4, -0.2) is 37.5 Å². The molecule has 13 heavy (non-hydrogen) atoms. The first kappa shape index (κ1) is 12.4. The van der Waals surface area contributed by atoms with Crippen molar-refractivity contribution < 1.29 is 4.79 Å². The Morgan fingerprint density at radius 2 is 1.92 bits per heavy atom. The van der Waals surface area contributed by atoms with Gasteiger partial charge in [-0.05, 0) is 12.3 Å². The molecule has 0 unspecified atom stereocenters. The smallest absolute Gasteiger partial charge is 0.236 e. The fourth-order valence-electron chi connectivity index (χ4n) is 1.23. The van der Waals surface area contributed by atoms with Crippen LogP contribution >= 0.6 is 0 Å². The Hall–Kier alpha value is -0.570. The predicted octanol–water partition coefficient (Wildman–Crippen LogP) is 1.10. The van der Waals surface area contributed by atoms with Crippen molar-refractivity contribution in [2.45, 2.75) is 33.2 Å². The quantitative estimate of drug-likeness (QED) is 0.697. The van der Waals surface area contributed by atoms with Crippen molar-refractivity contribution >= 4 is 5.91 Å². The van der Waals surface area contributed by atoms with E-state index in [1.165, 1.54) is 0 Å². The van der Waals surface area contributed by atoms with Gasteiger partial charge in [0.05, 0.1) is 6.54 Å². The zero-order chi connectivity index (χ0) is 10.4. The maximum absolute atomic E-state index is 11.2. The van der Waals surface area contributed by atoms with Crippen molar-refractivity contribution in [3.8, 4) is 0 Å². The summed E-state index contributed by atoms with van der Waals surface area (Å²) in [4.78, 5) is 12.9. The van der Waals surface area contributed by atoms with Gasteiger partial charge in [-0.25, -0.2) is 0 Å². The highest BCUT2D eigenvalue weighted by Crippen LogP contribution is 2.04. The van der Waals surface area contributed by atoms with Crippen LogP contribution < -0.4 is 5.32 Å². The molecule has 1 N–H and O–H groups in total. The number of carbonyl (C=O) groups excluding carboxylic acids is 1. The normalized spacial score (nSPS) is 13.1. The molecule has 0 radical (unpaired) electrons. The van der Waals surface area contributed by atoms with Gasteiger partial charge in [-0.15, -0.1) is 0 Å². The van der Waals surface area contributed by atoms with Gasteiger partial charge in [-0.1, -0.05) is 20.8 Å². The van der Waals surface area contributed by atoms with Crippen molar-refractivity contribution in [1.29, 1.82) is 0 Å². The summed E-state index contributed by atoms with van der Waals surface area (Å²) in [6, 6.07) is 0.448. The van der Waals surface area contributed by atoms with Crippen LogP contribution in [0.25, 0.3) is 0 Å². The highest BCUT2D eigenvalue weighted by atomic mass is 16.2. The summed E-state index contributed by atoms with van der Waals surface area (Å²) in [5, 5.41) is 3.26.